The van der Waals surface area contributed by atoms with Crippen LogP contribution in [0.1, 0.15) is 18.2 Å². The smallest absolute Gasteiger partial charge is 0.123 e. The summed E-state index contributed by atoms with van der Waals surface area (Å²) in [7, 11) is 0. The van der Waals surface area contributed by atoms with E-state index in [-0.39, 0.29) is 0 Å². The van der Waals surface area contributed by atoms with Gasteiger partial charge < -0.3 is 5.11 Å². The SMILES string of the molecule is Cc1ccc(-c2nc(CN3CC(C)(O)C3)cs2)cc1. The molecule has 1 aliphatic rings. The van der Waals surface area contributed by atoms with Crippen molar-refractivity contribution in [3.63, 3.8) is 0 Å². The lowest BCUT2D eigenvalue weighted by atomic mass is 9.97. The van der Waals surface area contributed by atoms with E-state index in [0.717, 1.165) is 30.3 Å². The number of aliphatic hydroxyl groups is 1. The molecule has 2 aromatic rings. The van der Waals surface area contributed by atoms with Gasteiger partial charge in [-0.15, -0.1) is 11.3 Å². The van der Waals surface area contributed by atoms with E-state index in [1.165, 1.54) is 11.1 Å². The summed E-state index contributed by atoms with van der Waals surface area (Å²) in [4.78, 5) is 6.89. The van der Waals surface area contributed by atoms with Crippen LogP contribution in [-0.2, 0) is 6.54 Å². The van der Waals surface area contributed by atoms with Gasteiger partial charge >= 0.3 is 0 Å². The average molecular weight is 274 g/mol. The van der Waals surface area contributed by atoms with Crippen LogP contribution < -0.4 is 0 Å². The van der Waals surface area contributed by atoms with Crippen molar-refractivity contribution in [2.24, 2.45) is 0 Å². The van der Waals surface area contributed by atoms with Crippen molar-refractivity contribution in [2.45, 2.75) is 26.0 Å². The Bertz CT molecular complexity index is 566. The predicted octanol–water partition coefficient (Wildman–Crippen LogP) is 2.69. The second kappa shape index (κ2) is 4.71. The number of benzene rings is 1. The molecule has 1 aromatic carbocycles. The zero-order valence-corrected chi connectivity index (χ0v) is 12.1. The van der Waals surface area contributed by atoms with Crippen LogP contribution in [0.2, 0.25) is 0 Å². The highest BCUT2D eigenvalue weighted by atomic mass is 32.1. The molecule has 1 aliphatic heterocycles. The Morgan fingerprint density at radius 2 is 2.00 bits per heavy atom. The van der Waals surface area contributed by atoms with Crippen LogP contribution in [0.5, 0.6) is 0 Å². The first-order valence-corrected chi connectivity index (χ1v) is 7.36. The van der Waals surface area contributed by atoms with Crippen molar-refractivity contribution in [2.75, 3.05) is 13.1 Å². The monoisotopic (exact) mass is 274 g/mol. The maximum atomic E-state index is 9.71. The first-order chi connectivity index (χ1) is 9.02. The van der Waals surface area contributed by atoms with Gasteiger partial charge in [0.05, 0.1) is 11.3 Å². The largest absolute Gasteiger partial charge is 0.388 e. The number of likely N-dealkylation sites (tertiary alicyclic amines) is 1. The molecule has 0 spiro atoms. The van der Waals surface area contributed by atoms with Gasteiger partial charge in [0, 0.05) is 30.6 Å². The van der Waals surface area contributed by atoms with Gasteiger partial charge in [-0.3, -0.25) is 4.90 Å². The highest BCUT2D eigenvalue weighted by Crippen LogP contribution is 2.27. The van der Waals surface area contributed by atoms with E-state index in [1.807, 2.05) is 6.92 Å². The van der Waals surface area contributed by atoms with Crippen molar-refractivity contribution >= 4 is 11.3 Å². The summed E-state index contributed by atoms with van der Waals surface area (Å²) in [5.41, 5.74) is 3.03. The van der Waals surface area contributed by atoms with E-state index in [4.69, 9.17) is 0 Å². The maximum Gasteiger partial charge on any atom is 0.123 e. The third-order valence-corrected chi connectivity index (χ3v) is 4.30. The highest BCUT2D eigenvalue weighted by molar-refractivity contribution is 7.13. The third-order valence-electron chi connectivity index (χ3n) is 3.36. The van der Waals surface area contributed by atoms with Gasteiger partial charge in [0.25, 0.3) is 0 Å². The summed E-state index contributed by atoms with van der Waals surface area (Å²) < 4.78 is 0. The van der Waals surface area contributed by atoms with Crippen LogP contribution in [0.25, 0.3) is 10.6 Å². The van der Waals surface area contributed by atoms with E-state index in [1.54, 1.807) is 11.3 Å². The van der Waals surface area contributed by atoms with Crippen LogP contribution in [0.4, 0.5) is 0 Å². The zero-order chi connectivity index (χ0) is 13.5. The first-order valence-electron chi connectivity index (χ1n) is 6.48. The number of aryl methyl sites for hydroxylation is 1. The van der Waals surface area contributed by atoms with Crippen LogP contribution >= 0.6 is 11.3 Å². The lowest BCUT2D eigenvalue weighted by Gasteiger charge is -2.43. The molecule has 3 rings (SSSR count). The molecule has 1 fully saturated rings. The molecule has 0 unspecified atom stereocenters. The quantitative estimate of drug-likeness (QED) is 0.935. The number of aromatic nitrogens is 1. The first kappa shape index (κ1) is 12.8. The van der Waals surface area contributed by atoms with Gasteiger partial charge in [0.15, 0.2) is 0 Å². The Morgan fingerprint density at radius 1 is 1.32 bits per heavy atom. The summed E-state index contributed by atoms with van der Waals surface area (Å²) in [5, 5.41) is 12.9. The van der Waals surface area contributed by atoms with Crippen LogP contribution in [0, 0.1) is 6.92 Å². The van der Waals surface area contributed by atoms with Crippen molar-refractivity contribution in [3.8, 4) is 10.6 Å². The number of β-amino-alcohol motifs (C(OH)–C–C–N with tert-alkyl or cyclic N) is 1. The zero-order valence-electron chi connectivity index (χ0n) is 11.3. The molecular weight excluding hydrogens is 256 g/mol. The third kappa shape index (κ3) is 2.86. The molecule has 0 saturated carbocycles. The average Bonchev–Trinajstić information content (AvgIpc) is 2.76. The minimum absolute atomic E-state index is 0.504. The van der Waals surface area contributed by atoms with E-state index in [9.17, 15) is 5.11 Å². The number of thiazole rings is 1. The molecule has 0 radical (unpaired) electrons. The van der Waals surface area contributed by atoms with Crippen LogP contribution in [0.15, 0.2) is 29.6 Å². The minimum Gasteiger partial charge on any atom is -0.388 e. The second-order valence-electron chi connectivity index (χ2n) is 5.65. The minimum atomic E-state index is -0.504. The van der Waals surface area contributed by atoms with Gasteiger partial charge in [0.2, 0.25) is 0 Å². The van der Waals surface area contributed by atoms with Crippen LogP contribution in [-0.4, -0.2) is 33.7 Å². The van der Waals surface area contributed by atoms with Gasteiger partial charge in [-0.2, -0.15) is 0 Å². The molecule has 1 N–H and O–H groups in total. The molecule has 0 bridgehead atoms. The van der Waals surface area contributed by atoms with Gasteiger partial charge in [-0.05, 0) is 13.8 Å². The predicted molar refractivity (Wildman–Crippen MR) is 78.2 cm³/mol. The molecule has 1 aromatic heterocycles. The van der Waals surface area contributed by atoms with E-state index in [2.05, 4.69) is 46.5 Å². The fourth-order valence-electron chi connectivity index (χ4n) is 2.47. The Labute approximate surface area is 117 Å². The number of hydrogen-bond donors (Lipinski definition) is 1. The maximum absolute atomic E-state index is 9.71. The summed E-state index contributed by atoms with van der Waals surface area (Å²) in [6, 6.07) is 8.46. The molecule has 2 heterocycles. The van der Waals surface area contributed by atoms with Crippen LogP contribution in [0.3, 0.4) is 0 Å². The number of hydrogen-bond acceptors (Lipinski definition) is 4. The molecule has 19 heavy (non-hydrogen) atoms. The van der Waals surface area contributed by atoms with Crippen molar-refractivity contribution in [3.05, 3.63) is 40.9 Å². The van der Waals surface area contributed by atoms with Gasteiger partial charge in [0.1, 0.15) is 5.01 Å². The molecule has 100 valence electrons. The van der Waals surface area contributed by atoms with Crippen molar-refractivity contribution in [1.29, 1.82) is 0 Å². The second-order valence-corrected chi connectivity index (χ2v) is 6.51. The fraction of sp³-hybridized carbons (Fsp3) is 0.400. The molecule has 0 aliphatic carbocycles. The Balaban J connectivity index is 1.68. The normalized spacial score (nSPS) is 18.3. The molecule has 4 heteroatoms. The summed E-state index contributed by atoms with van der Waals surface area (Å²) >= 11 is 1.68. The number of nitrogens with zero attached hydrogens (tertiary/aromatic N) is 2. The highest BCUT2D eigenvalue weighted by Gasteiger charge is 2.36. The van der Waals surface area contributed by atoms with Gasteiger partial charge in [-0.25, -0.2) is 4.98 Å². The standard InChI is InChI=1S/C15H18N2OS/c1-11-3-5-12(6-4-11)14-16-13(8-19-14)7-17-9-15(2,18)10-17/h3-6,8,18H,7,9-10H2,1-2H3. The van der Waals surface area contributed by atoms with Gasteiger partial charge in [-0.1, -0.05) is 29.8 Å². The summed E-state index contributed by atoms with van der Waals surface area (Å²) in [5.74, 6) is 0. The Morgan fingerprint density at radius 3 is 2.63 bits per heavy atom. The molecule has 3 nitrogen and oxygen atoms in total. The Hall–Kier alpha value is -1.23. The molecular formula is C15H18N2OS. The molecule has 1 saturated heterocycles. The lowest BCUT2D eigenvalue weighted by Crippen LogP contribution is -2.59. The fourth-order valence-corrected chi connectivity index (χ4v) is 3.28. The van der Waals surface area contributed by atoms with Crippen molar-refractivity contribution in [1.82, 2.24) is 9.88 Å². The van der Waals surface area contributed by atoms with E-state index >= 15 is 0 Å². The lowest BCUT2D eigenvalue weighted by molar-refractivity contribution is -0.0874. The van der Waals surface area contributed by atoms with Crippen molar-refractivity contribution < 1.29 is 5.11 Å². The summed E-state index contributed by atoms with van der Waals surface area (Å²) in [6.07, 6.45) is 0. The molecule has 0 amide bonds. The Kier molecular flexibility index (Phi) is 3.17. The topological polar surface area (TPSA) is 36.4 Å². The van der Waals surface area contributed by atoms with E-state index in [0.29, 0.717) is 0 Å². The molecule has 0 atom stereocenters. The summed E-state index contributed by atoms with van der Waals surface area (Å²) in [6.45, 7) is 6.28. The van der Waals surface area contributed by atoms with E-state index < -0.39 is 5.60 Å². The number of rotatable bonds is 3.